The molecule has 1 aromatic heterocycles. The van der Waals surface area contributed by atoms with Gasteiger partial charge < -0.3 is 4.57 Å². The Balaban J connectivity index is 1.60. The molecule has 0 saturated heterocycles. The van der Waals surface area contributed by atoms with Crippen molar-refractivity contribution in [2.24, 2.45) is 0 Å². The molecule has 1 nitrogen and oxygen atoms in total. The van der Waals surface area contributed by atoms with Gasteiger partial charge in [0.2, 0.25) is 0 Å². The average molecular weight is 382 g/mol. The maximum Gasteiger partial charge on any atom is 0.0541 e. The standard InChI is InChI=1S/C28H31N/c1-3-5-6-7-8-9-12-23-15-18-24(19-16-23)29-27-14-11-10-13-25(27)26-21-22(4-2)17-20-28(26)29/h4,10-11,13-21H,2-3,5-9,12H2,1H3. The highest BCUT2D eigenvalue weighted by Crippen LogP contribution is 2.32. The quantitative estimate of drug-likeness (QED) is 0.257. The number of para-hydroxylation sites is 1. The Hall–Kier alpha value is -2.80. The van der Waals surface area contributed by atoms with E-state index in [4.69, 9.17) is 0 Å². The van der Waals surface area contributed by atoms with Crippen LogP contribution in [0.5, 0.6) is 0 Å². The van der Waals surface area contributed by atoms with Crippen LogP contribution in [0, 0.1) is 0 Å². The summed E-state index contributed by atoms with van der Waals surface area (Å²) in [6.45, 7) is 6.21. The van der Waals surface area contributed by atoms with Crippen molar-refractivity contribution < 1.29 is 0 Å². The number of fused-ring (bicyclic) bond motifs is 3. The molecule has 0 bridgehead atoms. The van der Waals surface area contributed by atoms with Crippen molar-refractivity contribution in [1.29, 1.82) is 0 Å². The normalized spacial score (nSPS) is 11.3. The fourth-order valence-electron chi connectivity index (χ4n) is 4.32. The molecule has 0 radical (unpaired) electrons. The number of hydrogen-bond donors (Lipinski definition) is 0. The summed E-state index contributed by atoms with van der Waals surface area (Å²) in [5.41, 5.74) is 6.34. The summed E-state index contributed by atoms with van der Waals surface area (Å²) in [5, 5.41) is 2.58. The SMILES string of the molecule is C=Cc1ccc2c(c1)c1ccccc1n2-c1ccc(CCCCCCCC)cc1. The van der Waals surface area contributed by atoms with Crippen LogP contribution in [-0.2, 0) is 6.42 Å². The molecule has 0 amide bonds. The molecule has 1 heteroatoms. The smallest absolute Gasteiger partial charge is 0.0541 e. The van der Waals surface area contributed by atoms with Crippen LogP contribution in [0.1, 0.15) is 56.6 Å². The molecule has 0 aliphatic heterocycles. The number of hydrogen-bond acceptors (Lipinski definition) is 0. The van der Waals surface area contributed by atoms with Crippen LogP contribution in [0.2, 0.25) is 0 Å². The fourth-order valence-corrected chi connectivity index (χ4v) is 4.32. The van der Waals surface area contributed by atoms with E-state index in [1.807, 2.05) is 6.08 Å². The largest absolute Gasteiger partial charge is 0.309 e. The van der Waals surface area contributed by atoms with Crippen molar-refractivity contribution in [2.45, 2.75) is 51.9 Å². The van der Waals surface area contributed by atoms with Gasteiger partial charge in [-0.1, -0.05) is 88.1 Å². The highest BCUT2D eigenvalue weighted by molar-refractivity contribution is 6.09. The van der Waals surface area contributed by atoms with Crippen LogP contribution in [0.4, 0.5) is 0 Å². The number of unbranched alkanes of at least 4 members (excludes halogenated alkanes) is 5. The van der Waals surface area contributed by atoms with Gasteiger partial charge in [-0.25, -0.2) is 0 Å². The van der Waals surface area contributed by atoms with Gasteiger partial charge in [-0.3, -0.25) is 0 Å². The first-order valence-electron chi connectivity index (χ1n) is 11.1. The topological polar surface area (TPSA) is 4.93 Å². The van der Waals surface area contributed by atoms with Crippen molar-refractivity contribution >= 4 is 27.9 Å². The number of benzene rings is 3. The molecule has 29 heavy (non-hydrogen) atoms. The van der Waals surface area contributed by atoms with E-state index in [1.165, 1.54) is 78.0 Å². The lowest BCUT2D eigenvalue weighted by atomic mass is 10.0. The first-order chi connectivity index (χ1) is 14.3. The fraction of sp³-hybridized carbons (Fsp3) is 0.286. The van der Waals surface area contributed by atoms with Crippen LogP contribution >= 0.6 is 0 Å². The van der Waals surface area contributed by atoms with E-state index in [0.717, 1.165) is 5.56 Å². The molecule has 0 aliphatic carbocycles. The Kier molecular flexibility index (Phi) is 6.14. The van der Waals surface area contributed by atoms with Gasteiger partial charge in [0.1, 0.15) is 0 Å². The molecule has 0 atom stereocenters. The molecule has 148 valence electrons. The Morgan fingerprint density at radius 1 is 0.759 bits per heavy atom. The Morgan fingerprint density at radius 2 is 1.48 bits per heavy atom. The predicted octanol–water partition coefficient (Wildman–Crippen LogP) is 8.33. The minimum Gasteiger partial charge on any atom is -0.309 e. The minimum absolute atomic E-state index is 1.16. The molecule has 1 heterocycles. The monoisotopic (exact) mass is 381 g/mol. The molecule has 0 saturated carbocycles. The summed E-state index contributed by atoms with van der Waals surface area (Å²) in [6.07, 6.45) is 11.2. The zero-order valence-corrected chi connectivity index (χ0v) is 17.5. The maximum absolute atomic E-state index is 3.93. The van der Waals surface area contributed by atoms with Gasteiger partial charge in [0, 0.05) is 16.5 Å². The van der Waals surface area contributed by atoms with Crippen molar-refractivity contribution in [2.75, 3.05) is 0 Å². The highest BCUT2D eigenvalue weighted by Gasteiger charge is 2.12. The third-order valence-electron chi connectivity index (χ3n) is 5.95. The molecular formula is C28H31N. The summed E-state index contributed by atoms with van der Waals surface area (Å²) in [5.74, 6) is 0. The number of rotatable bonds is 9. The van der Waals surface area contributed by atoms with Gasteiger partial charge in [-0.15, -0.1) is 0 Å². The molecule has 0 spiro atoms. The number of aromatic nitrogens is 1. The highest BCUT2D eigenvalue weighted by atomic mass is 15.0. The van der Waals surface area contributed by atoms with Gasteiger partial charge in [-0.2, -0.15) is 0 Å². The van der Waals surface area contributed by atoms with E-state index in [0.29, 0.717) is 0 Å². The predicted molar refractivity (Wildman–Crippen MR) is 128 cm³/mol. The zero-order chi connectivity index (χ0) is 20.1. The van der Waals surface area contributed by atoms with Gasteiger partial charge >= 0.3 is 0 Å². The molecule has 4 aromatic rings. The van der Waals surface area contributed by atoms with E-state index in [1.54, 1.807) is 0 Å². The van der Waals surface area contributed by atoms with E-state index >= 15 is 0 Å². The Labute approximate surface area is 174 Å². The minimum atomic E-state index is 1.16. The summed E-state index contributed by atoms with van der Waals surface area (Å²) >= 11 is 0. The lowest BCUT2D eigenvalue weighted by Crippen LogP contribution is -1.94. The molecule has 0 N–H and O–H groups in total. The van der Waals surface area contributed by atoms with Crippen molar-refractivity contribution in [3.8, 4) is 5.69 Å². The third kappa shape index (κ3) is 4.15. The van der Waals surface area contributed by atoms with Crippen LogP contribution in [-0.4, -0.2) is 4.57 Å². The van der Waals surface area contributed by atoms with Crippen molar-refractivity contribution in [3.63, 3.8) is 0 Å². The summed E-state index contributed by atoms with van der Waals surface area (Å²) < 4.78 is 2.38. The molecule has 0 aliphatic rings. The van der Waals surface area contributed by atoms with E-state index in [9.17, 15) is 0 Å². The van der Waals surface area contributed by atoms with Crippen LogP contribution in [0.25, 0.3) is 33.6 Å². The molecule has 4 rings (SSSR count). The molecule has 0 fully saturated rings. The Morgan fingerprint density at radius 3 is 2.28 bits per heavy atom. The van der Waals surface area contributed by atoms with Gasteiger partial charge in [-0.05, 0) is 54.3 Å². The lowest BCUT2D eigenvalue weighted by molar-refractivity contribution is 0.607. The second kappa shape index (κ2) is 9.13. The second-order valence-corrected chi connectivity index (χ2v) is 8.02. The molecular weight excluding hydrogens is 350 g/mol. The van der Waals surface area contributed by atoms with Gasteiger partial charge in [0.05, 0.1) is 11.0 Å². The average Bonchev–Trinajstić information content (AvgIpc) is 3.10. The van der Waals surface area contributed by atoms with Crippen LogP contribution in [0.3, 0.4) is 0 Å². The summed E-state index contributed by atoms with van der Waals surface area (Å²) in [6, 6.07) is 24.5. The first-order valence-corrected chi connectivity index (χ1v) is 11.1. The van der Waals surface area contributed by atoms with Crippen LogP contribution < -0.4 is 0 Å². The van der Waals surface area contributed by atoms with E-state index in [-0.39, 0.29) is 0 Å². The lowest BCUT2D eigenvalue weighted by Gasteiger charge is -2.09. The van der Waals surface area contributed by atoms with Crippen molar-refractivity contribution in [3.05, 3.63) is 84.4 Å². The summed E-state index contributed by atoms with van der Waals surface area (Å²) in [7, 11) is 0. The number of nitrogens with zero attached hydrogens (tertiary/aromatic N) is 1. The van der Waals surface area contributed by atoms with Crippen molar-refractivity contribution in [1.82, 2.24) is 4.57 Å². The Bertz CT molecular complexity index is 1100. The summed E-state index contributed by atoms with van der Waals surface area (Å²) in [4.78, 5) is 0. The maximum atomic E-state index is 3.93. The van der Waals surface area contributed by atoms with Gasteiger partial charge in [0.25, 0.3) is 0 Å². The number of aryl methyl sites for hydroxylation is 1. The molecule has 3 aromatic carbocycles. The van der Waals surface area contributed by atoms with E-state index in [2.05, 4.69) is 84.8 Å². The first kappa shape index (κ1) is 19.5. The van der Waals surface area contributed by atoms with Gasteiger partial charge in [0.15, 0.2) is 0 Å². The third-order valence-corrected chi connectivity index (χ3v) is 5.95. The van der Waals surface area contributed by atoms with E-state index < -0.39 is 0 Å². The molecule has 0 unspecified atom stereocenters. The van der Waals surface area contributed by atoms with Crippen LogP contribution in [0.15, 0.2) is 73.3 Å². The second-order valence-electron chi connectivity index (χ2n) is 8.02. The zero-order valence-electron chi connectivity index (χ0n) is 17.5.